The number of halogens is 2. The number of aromatic nitrogens is 2. The molecule has 1 aromatic heterocycles. The Hall–Kier alpha value is -2.24. The predicted molar refractivity (Wildman–Crippen MR) is 60.4 cm³/mol. The van der Waals surface area contributed by atoms with Crippen molar-refractivity contribution >= 4 is 0 Å². The van der Waals surface area contributed by atoms with Crippen LogP contribution in [0.15, 0.2) is 23.0 Å². The average Bonchev–Trinajstić information content (AvgIpc) is 2.24. The van der Waals surface area contributed by atoms with E-state index in [0.29, 0.717) is 5.56 Å². The van der Waals surface area contributed by atoms with Gasteiger partial charge in [-0.2, -0.15) is 4.98 Å². The summed E-state index contributed by atoms with van der Waals surface area (Å²) in [6.45, 7) is 1.42. The van der Waals surface area contributed by atoms with Gasteiger partial charge in [-0.25, -0.2) is 8.78 Å². The van der Waals surface area contributed by atoms with Crippen LogP contribution in [0.3, 0.4) is 0 Å². The Morgan fingerprint density at radius 1 is 1.28 bits per heavy atom. The van der Waals surface area contributed by atoms with Crippen LogP contribution >= 0.6 is 0 Å². The summed E-state index contributed by atoms with van der Waals surface area (Å²) in [6.07, 6.45) is 0.0256. The van der Waals surface area contributed by atoms with Gasteiger partial charge in [0.05, 0.1) is 5.56 Å². The minimum absolute atomic E-state index is 0.0256. The lowest BCUT2D eigenvalue weighted by Gasteiger charge is -2.04. The van der Waals surface area contributed by atoms with Crippen molar-refractivity contribution in [2.45, 2.75) is 13.3 Å². The van der Waals surface area contributed by atoms with E-state index in [1.807, 2.05) is 0 Å². The van der Waals surface area contributed by atoms with Crippen LogP contribution in [0, 0.1) is 18.6 Å². The number of H-pyrrole nitrogens is 1. The predicted octanol–water partition coefficient (Wildman–Crippen LogP) is 1.65. The van der Waals surface area contributed by atoms with Gasteiger partial charge < -0.3 is 10.1 Å². The summed E-state index contributed by atoms with van der Waals surface area (Å²) < 4.78 is 25.9. The Labute approximate surface area is 101 Å². The normalized spacial score (nSPS) is 10.6. The number of nitrogens with one attached hydrogen (secondary N) is 1. The SMILES string of the molecule is Cc1c(O)nc(Cc2cc(F)cc(F)c2)[nH]c1=O. The number of nitrogens with zero attached hydrogens (tertiary/aromatic N) is 1. The van der Waals surface area contributed by atoms with Crippen molar-refractivity contribution in [3.05, 3.63) is 57.1 Å². The first-order chi connectivity index (χ1) is 8.45. The monoisotopic (exact) mass is 252 g/mol. The standard InChI is InChI=1S/C12H10F2N2O2/c1-6-11(17)15-10(16-12(6)18)4-7-2-8(13)5-9(14)3-7/h2-3,5H,4H2,1H3,(H2,15,16,17,18). The molecule has 1 heterocycles. The second-order valence-corrected chi connectivity index (χ2v) is 3.92. The van der Waals surface area contributed by atoms with Crippen molar-refractivity contribution in [2.24, 2.45) is 0 Å². The smallest absolute Gasteiger partial charge is 0.257 e. The zero-order valence-electron chi connectivity index (χ0n) is 9.50. The summed E-state index contributed by atoms with van der Waals surface area (Å²) in [6, 6.07) is 3.03. The van der Waals surface area contributed by atoms with E-state index in [2.05, 4.69) is 9.97 Å². The molecule has 2 aromatic rings. The highest BCUT2D eigenvalue weighted by Crippen LogP contribution is 2.13. The summed E-state index contributed by atoms with van der Waals surface area (Å²) in [5.41, 5.74) is -0.0579. The lowest BCUT2D eigenvalue weighted by molar-refractivity contribution is 0.443. The number of aromatic amines is 1. The van der Waals surface area contributed by atoms with Crippen LogP contribution in [0.25, 0.3) is 0 Å². The molecule has 18 heavy (non-hydrogen) atoms. The van der Waals surface area contributed by atoms with Gasteiger partial charge >= 0.3 is 0 Å². The number of benzene rings is 1. The maximum absolute atomic E-state index is 13.0. The second kappa shape index (κ2) is 4.56. The van der Waals surface area contributed by atoms with Gasteiger partial charge in [0.15, 0.2) is 0 Å². The van der Waals surface area contributed by atoms with Crippen LogP contribution in [-0.4, -0.2) is 15.1 Å². The van der Waals surface area contributed by atoms with Crippen molar-refractivity contribution in [3.63, 3.8) is 0 Å². The Kier molecular flexibility index (Phi) is 3.10. The first-order valence-electron chi connectivity index (χ1n) is 5.19. The van der Waals surface area contributed by atoms with Gasteiger partial charge in [-0.3, -0.25) is 4.79 Å². The molecule has 4 nitrogen and oxygen atoms in total. The van der Waals surface area contributed by atoms with E-state index in [4.69, 9.17) is 0 Å². The van der Waals surface area contributed by atoms with Crippen LogP contribution in [-0.2, 0) is 6.42 Å². The maximum atomic E-state index is 13.0. The fraction of sp³-hybridized carbons (Fsp3) is 0.167. The highest BCUT2D eigenvalue weighted by Gasteiger charge is 2.08. The van der Waals surface area contributed by atoms with Gasteiger partial charge in [-0.1, -0.05) is 0 Å². The van der Waals surface area contributed by atoms with E-state index in [9.17, 15) is 18.7 Å². The van der Waals surface area contributed by atoms with Crippen LogP contribution in [0.5, 0.6) is 5.88 Å². The number of hydrogen-bond donors (Lipinski definition) is 2. The Bertz CT molecular complexity index is 633. The third-order valence-corrected chi connectivity index (χ3v) is 2.47. The van der Waals surface area contributed by atoms with Crippen molar-refractivity contribution in [1.82, 2.24) is 9.97 Å². The molecule has 0 atom stereocenters. The molecule has 1 aromatic carbocycles. The highest BCUT2D eigenvalue weighted by molar-refractivity contribution is 5.25. The minimum atomic E-state index is -0.705. The van der Waals surface area contributed by atoms with E-state index in [1.54, 1.807) is 0 Å². The van der Waals surface area contributed by atoms with Crippen LogP contribution < -0.4 is 5.56 Å². The Balaban J connectivity index is 2.37. The van der Waals surface area contributed by atoms with E-state index in [-0.39, 0.29) is 23.7 Å². The largest absolute Gasteiger partial charge is 0.493 e. The summed E-state index contributed by atoms with van der Waals surface area (Å²) in [5.74, 6) is -1.65. The van der Waals surface area contributed by atoms with Crippen molar-refractivity contribution in [1.29, 1.82) is 0 Å². The molecule has 0 aliphatic carbocycles. The molecular weight excluding hydrogens is 242 g/mol. The van der Waals surface area contributed by atoms with Gasteiger partial charge in [0.1, 0.15) is 17.5 Å². The lowest BCUT2D eigenvalue weighted by Crippen LogP contribution is -2.14. The first kappa shape index (κ1) is 12.2. The fourth-order valence-corrected chi connectivity index (χ4v) is 1.56. The average molecular weight is 252 g/mol. The zero-order valence-corrected chi connectivity index (χ0v) is 9.50. The quantitative estimate of drug-likeness (QED) is 0.854. The molecule has 0 aliphatic rings. The lowest BCUT2D eigenvalue weighted by atomic mass is 10.1. The molecule has 0 aliphatic heterocycles. The number of rotatable bonds is 2. The third-order valence-electron chi connectivity index (χ3n) is 2.47. The number of aromatic hydroxyl groups is 1. The summed E-state index contributed by atoms with van der Waals surface area (Å²) in [4.78, 5) is 17.6. The molecule has 0 spiro atoms. The highest BCUT2D eigenvalue weighted by atomic mass is 19.1. The number of hydrogen-bond acceptors (Lipinski definition) is 3. The molecule has 0 bridgehead atoms. The van der Waals surface area contributed by atoms with Crippen LogP contribution in [0.4, 0.5) is 8.78 Å². The molecule has 2 rings (SSSR count). The zero-order chi connectivity index (χ0) is 13.3. The van der Waals surface area contributed by atoms with Gasteiger partial charge in [0.25, 0.3) is 5.56 Å². The second-order valence-electron chi connectivity index (χ2n) is 3.92. The van der Waals surface area contributed by atoms with Crippen molar-refractivity contribution < 1.29 is 13.9 Å². The topological polar surface area (TPSA) is 66.0 Å². The van der Waals surface area contributed by atoms with Gasteiger partial charge in [-0.15, -0.1) is 0 Å². The van der Waals surface area contributed by atoms with E-state index in [1.165, 1.54) is 6.92 Å². The van der Waals surface area contributed by atoms with Crippen LogP contribution in [0.2, 0.25) is 0 Å². The molecule has 0 amide bonds. The fourth-order valence-electron chi connectivity index (χ4n) is 1.56. The van der Waals surface area contributed by atoms with Gasteiger partial charge in [0.2, 0.25) is 5.88 Å². The molecular formula is C12H10F2N2O2. The van der Waals surface area contributed by atoms with Crippen molar-refractivity contribution in [2.75, 3.05) is 0 Å². The molecule has 0 radical (unpaired) electrons. The summed E-state index contributed by atoms with van der Waals surface area (Å²) >= 11 is 0. The van der Waals surface area contributed by atoms with E-state index in [0.717, 1.165) is 18.2 Å². The summed E-state index contributed by atoms with van der Waals surface area (Å²) in [7, 11) is 0. The Morgan fingerprint density at radius 3 is 2.44 bits per heavy atom. The Morgan fingerprint density at radius 2 is 1.89 bits per heavy atom. The maximum Gasteiger partial charge on any atom is 0.257 e. The minimum Gasteiger partial charge on any atom is -0.493 e. The third kappa shape index (κ3) is 2.53. The molecule has 0 unspecified atom stereocenters. The molecule has 0 saturated heterocycles. The van der Waals surface area contributed by atoms with Gasteiger partial charge in [0, 0.05) is 12.5 Å². The van der Waals surface area contributed by atoms with Crippen molar-refractivity contribution in [3.8, 4) is 5.88 Å². The molecule has 6 heteroatoms. The summed E-state index contributed by atoms with van der Waals surface area (Å²) in [5, 5.41) is 9.39. The molecule has 2 N–H and O–H groups in total. The van der Waals surface area contributed by atoms with E-state index < -0.39 is 17.2 Å². The first-order valence-corrected chi connectivity index (χ1v) is 5.19. The van der Waals surface area contributed by atoms with Crippen LogP contribution in [0.1, 0.15) is 17.0 Å². The molecule has 94 valence electrons. The molecule has 0 fully saturated rings. The molecule has 0 saturated carbocycles. The van der Waals surface area contributed by atoms with E-state index >= 15 is 0 Å². The van der Waals surface area contributed by atoms with Gasteiger partial charge in [-0.05, 0) is 24.6 Å².